The molecule has 38 heavy (non-hydrogen) atoms. The van der Waals surface area contributed by atoms with Crippen LogP contribution >= 0.6 is 11.3 Å². The number of thiophene rings is 1. The zero-order valence-electron chi connectivity index (χ0n) is 21.3. The van der Waals surface area contributed by atoms with Gasteiger partial charge in [0.15, 0.2) is 5.75 Å². The molecule has 12 heteroatoms. The van der Waals surface area contributed by atoms with Crippen LogP contribution in [0.5, 0.6) is 5.75 Å². The van der Waals surface area contributed by atoms with Crippen LogP contribution in [0, 0.1) is 5.92 Å². The van der Waals surface area contributed by atoms with Crippen molar-refractivity contribution in [3.05, 3.63) is 71.4 Å². The van der Waals surface area contributed by atoms with Crippen molar-refractivity contribution in [3.63, 3.8) is 0 Å². The lowest BCUT2D eigenvalue weighted by molar-refractivity contribution is 0.0388. The molecular weight excluding hydrogens is 528 g/mol. The number of fused-ring (bicyclic) bond motifs is 1. The third kappa shape index (κ3) is 5.73. The summed E-state index contributed by atoms with van der Waals surface area (Å²) < 4.78 is 34.1. The van der Waals surface area contributed by atoms with Crippen molar-refractivity contribution in [2.45, 2.75) is 30.2 Å². The smallest absolute Gasteiger partial charge is 0.258 e. The summed E-state index contributed by atoms with van der Waals surface area (Å²) >= 11 is 1.13. The molecular formula is C26H30N4O6S2. The minimum absolute atomic E-state index is 0.00299. The van der Waals surface area contributed by atoms with E-state index in [4.69, 9.17) is 4.74 Å². The van der Waals surface area contributed by atoms with E-state index in [1.165, 1.54) is 23.7 Å². The number of para-hydroxylation sites is 1. The Balaban J connectivity index is 1.73. The van der Waals surface area contributed by atoms with Gasteiger partial charge in [-0.15, -0.1) is 11.3 Å². The summed E-state index contributed by atoms with van der Waals surface area (Å²) in [5.74, 6) is -0.938. The summed E-state index contributed by atoms with van der Waals surface area (Å²) in [4.78, 5) is 32.0. The van der Waals surface area contributed by atoms with Crippen molar-refractivity contribution in [3.8, 4) is 5.75 Å². The Hall–Kier alpha value is -3.32. The number of nitrogens with one attached hydrogen (secondary N) is 1. The fourth-order valence-corrected chi connectivity index (χ4v) is 6.56. The van der Waals surface area contributed by atoms with Gasteiger partial charge < -0.3 is 20.1 Å². The molecule has 3 heterocycles. The number of pyridine rings is 1. The molecule has 202 valence electrons. The first kappa shape index (κ1) is 27.7. The second-order valence-electron chi connectivity index (χ2n) is 9.21. The Morgan fingerprint density at radius 2 is 2.00 bits per heavy atom. The third-order valence-corrected chi connectivity index (χ3v) is 9.67. The molecule has 0 saturated carbocycles. The SMILES string of the molecule is C[C@@H]1CN([C@@H](C)CO)C(=O)c2cccc(NC(=O)c3ccncc3)c2O[C@@H]1CN(C)S(=O)(=O)c1cccs1. The molecule has 2 N–H and O–H groups in total. The molecule has 10 nitrogen and oxygen atoms in total. The van der Waals surface area contributed by atoms with Gasteiger partial charge in [0.2, 0.25) is 0 Å². The van der Waals surface area contributed by atoms with Gasteiger partial charge in [-0.25, -0.2) is 8.42 Å². The van der Waals surface area contributed by atoms with Gasteiger partial charge in [-0.3, -0.25) is 14.6 Å². The quantitative estimate of drug-likeness (QED) is 0.435. The van der Waals surface area contributed by atoms with E-state index in [9.17, 15) is 23.1 Å². The minimum atomic E-state index is -3.75. The fraction of sp³-hybridized carbons (Fsp3) is 0.346. The van der Waals surface area contributed by atoms with Gasteiger partial charge in [0.25, 0.3) is 21.8 Å². The van der Waals surface area contributed by atoms with E-state index in [-0.39, 0.29) is 52.7 Å². The number of aromatic nitrogens is 1. The van der Waals surface area contributed by atoms with Crippen LogP contribution in [0.15, 0.2) is 64.4 Å². The summed E-state index contributed by atoms with van der Waals surface area (Å²) in [5, 5.41) is 14.4. The molecule has 3 aromatic rings. The normalized spacial score (nSPS) is 18.8. The second kappa shape index (κ2) is 11.6. The van der Waals surface area contributed by atoms with E-state index in [1.54, 1.807) is 59.7 Å². The lowest BCUT2D eigenvalue weighted by atomic mass is 9.99. The Morgan fingerprint density at radius 1 is 1.26 bits per heavy atom. The van der Waals surface area contributed by atoms with Crippen molar-refractivity contribution < 1.29 is 27.9 Å². The number of nitrogens with zero attached hydrogens (tertiary/aromatic N) is 3. The van der Waals surface area contributed by atoms with Crippen molar-refractivity contribution >= 4 is 38.9 Å². The van der Waals surface area contributed by atoms with Crippen LogP contribution in [0.25, 0.3) is 0 Å². The van der Waals surface area contributed by atoms with Crippen LogP contribution in [0.1, 0.15) is 34.6 Å². The van der Waals surface area contributed by atoms with Crippen LogP contribution in [0.3, 0.4) is 0 Å². The molecule has 0 radical (unpaired) electrons. The Morgan fingerprint density at radius 3 is 2.66 bits per heavy atom. The van der Waals surface area contributed by atoms with Gasteiger partial charge in [0.05, 0.1) is 30.4 Å². The maximum absolute atomic E-state index is 13.6. The third-order valence-electron chi connectivity index (χ3n) is 6.48. The number of carbonyl (C=O) groups excluding carboxylic acids is 2. The number of amides is 2. The number of aliphatic hydroxyl groups is 1. The van der Waals surface area contributed by atoms with E-state index in [1.807, 2.05) is 6.92 Å². The molecule has 2 aromatic heterocycles. The van der Waals surface area contributed by atoms with Crippen molar-refractivity contribution in [1.29, 1.82) is 0 Å². The number of ether oxygens (including phenoxy) is 1. The lowest BCUT2D eigenvalue weighted by Crippen LogP contribution is -2.50. The van der Waals surface area contributed by atoms with Crippen LogP contribution in [0.4, 0.5) is 5.69 Å². The van der Waals surface area contributed by atoms with E-state index in [0.29, 0.717) is 5.56 Å². The maximum atomic E-state index is 13.6. The number of aliphatic hydroxyl groups excluding tert-OH is 1. The van der Waals surface area contributed by atoms with Crippen molar-refractivity contribution in [2.75, 3.05) is 32.1 Å². The molecule has 0 aliphatic carbocycles. The predicted molar refractivity (Wildman–Crippen MR) is 144 cm³/mol. The molecule has 0 unspecified atom stereocenters. The second-order valence-corrected chi connectivity index (χ2v) is 12.4. The van der Waals surface area contributed by atoms with Crippen LogP contribution in [-0.4, -0.2) is 78.4 Å². The molecule has 3 atom stereocenters. The highest BCUT2D eigenvalue weighted by Gasteiger charge is 2.36. The first-order valence-corrected chi connectivity index (χ1v) is 14.4. The van der Waals surface area contributed by atoms with Gasteiger partial charge in [0, 0.05) is 37.5 Å². The molecule has 1 aromatic carbocycles. The van der Waals surface area contributed by atoms with E-state index < -0.39 is 28.1 Å². The van der Waals surface area contributed by atoms with Crippen LogP contribution in [-0.2, 0) is 10.0 Å². The zero-order chi connectivity index (χ0) is 27.4. The number of anilines is 1. The molecule has 0 bridgehead atoms. The largest absolute Gasteiger partial charge is 0.486 e. The highest BCUT2D eigenvalue weighted by Crippen LogP contribution is 2.35. The van der Waals surface area contributed by atoms with Gasteiger partial charge in [-0.1, -0.05) is 19.1 Å². The standard InChI is InChI=1S/C26H30N4O6S2/c1-17-14-30(18(2)16-31)26(33)20-6-4-7-21(28-25(32)19-9-11-27-12-10-19)24(20)36-22(17)15-29(3)38(34,35)23-8-5-13-37-23/h4-13,17-18,22,31H,14-16H2,1-3H3,(H,28,32)/t17-,18+,22-/m1/s1. The first-order chi connectivity index (χ1) is 18.1. The molecule has 1 aliphatic rings. The van der Waals surface area contributed by atoms with E-state index in [2.05, 4.69) is 10.3 Å². The highest BCUT2D eigenvalue weighted by atomic mass is 32.2. The Kier molecular flexibility index (Phi) is 8.46. The summed E-state index contributed by atoms with van der Waals surface area (Å²) in [7, 11) is -2.26. The topological polar surface area (TPSA) is 129 Å². The predicted octanol–water partition coefficient (Wildman–Crippen LogP) is 2.94. The fourth-order valence-electron chi connectivity index (χ4n) is 4.17. The molecule has 4 rings (SSSR count). The number of hydrogen-bond donors (Lipinski definition) is 2. The lowest BCUT2D eigenvalue weighted by Gasteiger charge is -2.38. The number of hydrogen-bond acceptors (Lipinski definition) is 8. The molecule has 0 saturated heterocycles. The van der Waals surface area contributed by atoms with Gasteiger partial charge in [-0.2, -0.15) is 4.31 Å². The van der Waals surface area contributed by atoms with Gasteiger partial charge in [0.1, 0.15) is 10.3 Å². The monoisotopic (exact) mass is 558 g/mol. The number of likely N-dealkylation sites (N-methyl/N-ethyl adjacent to an activating group) is 1. The Bertz CT molecular complexity index is 1380. The first-order valence-electron chi connectivity index (χ1n) is 12.1. The van der Waals surface area contributed by atoms with Gasteiger partial charge in [-0.05, 0) is 42.6 Å². The molecule has 2 amide bonds. The molecule has 0 fully saturated rings. The van der Waals surface area contributed by atoms with E-state index in [0.717, 1.165) is 11.3 Å². The summed E-state index contributed by atoms with van der Waals surface area (Å²) in [6, 6.07) is 10.7. The molecule has 1 aliphatic heterocycles. The summed E-state index contributed by atoms with van der Waals surface area (Å²) in [6.07, 6.45) is 2.33. The van der Waals surface area contributed by atoms with E-state index >= 15 is 0 Å². The zero-order valence-corrected chi connectivity index (χ0v) is 22.9. The average Bonchev–Trinajstić information content (AvgIpc) is 3.47. The number of sulfonamides is 1. The maximum Gasteiger partial charge on any atom is 0.258 e. The Labute approximate surface area is 225 Å². The van der Waals surface area contributed by atoms with Gasteiger partial charge >= 0.3 is 0 Å². The number of rotatable bonds is 8. The minimum Gasteiger partial charge on any atom is -0.486 e. The number of carbonyl (C=O) groups is 2. The van der Waals surface area contributed by atoms with Crippen molar-refractivity contribution in [1.82, 2.24) is 14.2 Å². The molecule has 0 spiro atoms. The highest BCUT2D eigenvalue weighted by molar-refractivity contribution is 7.91. The van der Waals surface area contributed by atoms with Crippen LogP contribution < -0.4 is 10.1 Å². The summed E-state index contributed by atoms with van der Waals surface area (Å²) in [5.41, 5.74) is 0.854. The average molecular weight is 559 g/mol. The number of benzene rings is 1. The van der Waals surface area contributed by atoms with Crippen LogP contribution in [0.2, 0.25) is 0 Å². The van der Waals surface area contributed by atoms with Crippen molar-refractivity contribution in [2.24, 2.45) is 5.92 Å². The summed E-state index contributed by atoms with van der Waals surface area (Å²) in [6.45, 7) is 3.60.